The van der Waals surface area contributed by atoms with E-state index in [1.165, 1.54) is 16.2 Å². The molecule has 1 aromatic carbocycles. The molecule has 1 aliphatic rings. The summed E-state index contributed by atoms with van der Waals surface area (Å²) in [6.45, 7) is 8.96. The molecule has 3 rings (SSSR count). The van der Waals surface area contributed by atoms with Crippen LogP contribution < -0.4 is 10.1 Å². The summed E-state index contributed by atoms with van der Waals surface area (Å²) in [7, 11) is 0. The Morgan fingerprint density at radius 3 is 2.50 bits per heavy atom. The van der Waals surface area contributed by atoms with Crippen molar-refractivity contribution in [2.75, 3.05) is 0 Å². The lowest BCUT2D eigenvalue weighted by molar-refractivity contribution is 0.0546. The van der Waals surface area contributed by atoms with Crippen LogP contribution in [0.2, 0.25) is 0 Å². The number of aromatic nitrogens is 1. The lowest BCUT2D eigenvalue weighted by Gasteiger charge is -2.46. The Bertz CT molecular complexity index is 602. The standard InChI is InChI=1S/C16H22N2OS/c1-15(2)9-11(10-16(3,4)18-15)19-14-12-7-5-6-8-13(12)20-17-14/h5-8,11,18H,9-10H2,1-4H3. The van der Waals surface area contributed by atoms with Gasteiger partial charge in [0.05, 0.1) is 10.1 Å². The van der Waals surface area contributed by atoms with E-state index in [0.29, 0.717) is 0 Å². The highest BCUT2D eigenvalue weighted by molar-refractivity contribution is 7.13. The lowest BCUT2D eigenvalue weighted by atomic mass is 9.81. The molecule has 0 spiro atoms. The third-order valence-corrected chi connectivity index (χ3v) is 4.59. The molecule has 0 unspecified atom stereocenters. The molecule has 1 aromatic heterocycles. The summed E-state index contributed by atoms with van der Waals surface area (Å²) < 4.78 is 11.9. The molecule has 0 amide bonds. The van der Waals surface area contributed by atoms with Gasteiger partial charge < -0.3 is 10.1 Å². The van der Waals surface area contributed by atoms with Gasteiger partial charge in [0.15, 0.2) is 0 Å². The van der Waals surface area contributed by atoms with E-state index in [0.717, 1.165) is 24.1 Å². The van der Waals surface area contributed by atoms with Crippen LogP contribution in [-0.4, -0.2) is 21.6 Å². The lowest BCUT2D eigenvalue weighted by Crippen LogP contribution is -2.60. The van der Waals surface area contributed by atoms with Crippen LogP contribution in [-0.2, 0) is 0 Å². The predicted octanol–water partition coefficient (Wildman–Crippen LogP) is 3.98. The highest BCUT2D eigenvalue weighted by Gasteiger charge is 2.39. The van der Waals surface area contributed by atoms with Crippen LogP contribution >= 0.6 is 11.5 Å². The first-order valence-corrected chi connectivity index (χ1v) is 7.92. The van der Waals surface area contributed by atoms with Crippen LogP contribution in [0, 0.1) is 0 Å². The Morgan fingerprint density at radius 1 is 1.15 bits per heavy atom. The van der Waals surface area contributed by atoms with Gasteiger partial charge in [-0.3, -0.25) is 0 Å². The van der Waals surface area contributed by atoms with Crippen molar-refractivity contribution in [3.8, 4) is 5.88 Å². The number of hydrogen-bond acceptors (Lipinski definition) is 4. The van der Waals surface area contributed by atoms with Crippen LogP contribution in [0.5, 0.6) is 5.88 Å². The molecule has 20 heavy (non-hydrogen) atoms. The average molecular weight is 290 g/mol. The Hall–Kier alpha value is -1.13. The van der Waals surface area contributed by atoms with Gasteiger partial charge in [-0.25, -0.2) is 0 Å². The van der Waals surface area contributed by atoms with E-state index in [9.17, 15) is 0 Å². The van der Waals surface area contributed by atoms with Crippen molar-refractivity contribution in [1.82, 2.24) is 9.69 Å². The molecule has 108 valence electrons. The quantitative estimate of drug-likeness (QED) is 0.908. The maximum Gasteiger partial charge on any atom is 0.233 e. The molecule has 4 heteroatoms. The molecular weight excluding hydrogens is 268 g/mol. The average Bonchev–Trinajstić information content (AvgIpc) is 2.69. The van der Waals surface area contributed by atoms with Crippen LogP contribution in [0.1, 0.15) is 40.5 Å². The molecule has 1 fully saturated rings. The minimum Gasteiger partial charge on any atom is -0.473 e. The number of nitrogens with one attached hydrogen (secondary N) is 1. The number of benzene rings is 1. The fraction of sp³-hybridized carbons (Fsp3) is 0.562. The molecule has 3 nitrogen and oxygen atoms in total. The van der Waals surface area contributed by atoms with Gasteiger partial charge >= 0.3 is 0 Å². The minimum atomic E-state index is 0.0955. The monoisotopic (exact) mass is 290 g/mol. The number of fused-ring (bicyclic) bond motifs is 1. The second kappa shape index (κ2) is 4.71. The first-order valence-electron chi connectivity index (χ1n) is 7.15. The third kappa shape index (κ3) is 2.81. The minimum absolute atomic E-state index is 0.0955. The molecule has 1 saturated heterocycles. The Kier molecular flexibility index (Phi) is 3.26. The van der Waals surface area contributed by atoms with Gasteiger partial charge in [-0.1, -0.05) is 12.1 Å². The number of piperidine rings is 1. The van der Waals surface area contributed by atoms with Crippen molar-refractivity contribution in [3.63, 3.8) is 0 Å². The summed E-state index contributed by atoms with van der Waals surface area (Å²) in [5, 5.41) is 4.81. The van der Waals surface area contributed by atoms with Gasteiger partial charge in [0.2, 0.25) is 5.88 Å². The maximum absolute atomic E-state index is 6.24. The van der Waals surface area contributed by atoms with Crippen LogP contribution in [0.25, 0.3) is 10.1 Å². The Balaban J connectivity index is 1.84. The second-order valence-corrected chi connectivity index (χ2v) is 7.83. The van der Waals surface area contributed by atoms with Gasteiger partial charge in [-0.2, -0.15) is 4.37 Å². The smallest absolute Gasteiger partial charge is 0.233 e. The topological polar surface area (TPSA) is 34.1 Å². The van der Waals surface area contributed by atoms with Crippen LogP contribution in [0.4, 0.5) is 0 Å². The maximum atomic E-state index is 6.24. The molecule has 2 aromatic rings. The number of rotatable bonds is 2. The van der Waals surface area contributed by atoms with Crippen molar-refractivity contribution >= 4 is 21.6 Å². The summed E-state index contributed by atoms with van der Waals surface area (Å²) in [5.41, 5.74) is 0.191. The van der Waals surface area contributed by atoms with E-state index in [1.54, 1.807) is 0 Å². The number of hydrogen-bond donors (Lipinski definition) is 1. The van der Waals surface area contributed by atoms with Gasteiger partial charge in [-0.05, 0) is 51.4 Å². The van der Waals surface area contributed by atoms with Gasteiger partial charge in [0, 0.05) is 23.9 Å². The summed E-state index contributed by atoms with van der Waals surface area (Å²) in [4.78, 5) is 0. The van der Waals surface area contributed by atoms with Crippen molar-refractivity contribution < 1.29 is 4.74 Å². The van der Waals surface area contributed by atoms with Crippen molar-refractivity contribution in [3.05, 3.63) is 24.3 Å². The first kappa shape index (κ1) is 13.8. The molecule has 0 saturated carbocycles. The van der Waals surface area contributed by atoms with E-state index < -0.39 is 0 Å². The molecule has 0 bridgehead atoms. The molecule has 1 N–H and O–H groups in total. The SMILES string of the molecule is CC1(C)CC(Oc2nsc3ccccc23)CC(C)(C)N1. The van der Waals surface area contributed by atoms with Crippen LogP contribution in [0.15, 0.2) is 24.3 Å². The van der Waals surface area contributed by atoms with E-state index >= 15 is 0 Å². The number of ether oxygens (including phenoxy) is 1. The molecular formula is C16H22N2OS. The zero-order valence-electron chi connectivity index (χ0n) is 12.6. The van der Waals surface area contributed by atoms with E-state index in [2.05, 4.69) is 49.5 Å². The van der Waals surface area contributed by atoms with E-state index in [4.69, 9.17) is 4.74 Å². The highest BCUT2D eigenvalue weighted by Crippen LogP contribution is 2.34. The predicted molar refractivity (Wildman–Crippen MR) is 84.6 cm³/mol. The molecule has 2 heterocycles. The second-order valence-electron chi connectivity index (χ2n) is 7.02. The zero-order valence-corrected chi connectivity index (χ0v) is 13.4. The van der Waals surface area contributed by atoms with Gasteiger partial charge in [0.25, 0.3) is 0 Å². The fourth-order valence-electron chi connectivity index (χ4n) is 3.42. The summed E-state index contributed by atoms with van der Waals surface area (Å²) >= 11 is 1.51. The normalized spacial score (nSPS) is 22.0. The van der Waals surface area contributed by atoms with Crippen molar-refractivity contribution in [2.45, 2.75) is 57.7 Å². The molecule has 0 radical (unpaired) electrons. The van der Waals surface area contributed by atoms with Gasteiger partial charge in [-0.15, -0.1) is 0 Å². The molecule has 0 atom stereocenters. The zero-order chi connectivity index (χ0) is 14.4. The van der Waals surface area contributed by atoms with Crippen LogP contribution in [0.3, 0.4) is 0 Å². The largest absolute Gasteiger partial charge is 0.473 e. The summed E-state index contributed by atoms with van der Waals surface area (Å²) in [6, 6.07) is 8.27. The van der Waals surface area contributed by atoms with Crippen molar-refractivity contribution in [1.29, 1.82) is 0 Å². The Morgan fingerprint density at radius 2 is 1.80 bits per heavy atom. The van der Waals surface area contributed by atoms with E-state index in [-0.39, 0.29) is 17.2 Å². The summed E-state index contributed by atoms with van der Waals surface area (Å²) in [5.74, 6) is 0.795. The molecule has 0 aliphatic carbocycles. The van der Waals surface area contributed by atoms with E-state index in [1.807, 2.05) is 12.1 Å². The fourth-order valence-corrected chi connectivity index (χ4v) is 4.13. The van der Waals surface area contributed by atoms with Gasteiger partial charge in [0.1, 0.15) is 6.10 Å². The third-order valence-electron chi connectivity index (χ3n) is 3.78. The number of nitrogens with zero attached hydrogens (tertiary/aromatic N) is 1. The highest BCUT2D eigenvalue weighted by atomic mass is 32.1. The van der Waals surface area contributed by atoms with Crippen molar-refractivity contribution in [2.24, 2.45) is 0 Å². The summed E-state index contributed by atoms with van der Waals surface area (Å²) in [6.07, 6.45) is 2.22. The first-order chi connectivity index (χ1) is 9.35. The Labute approximate surface area is 124 Å². The molecule has 1 aliphatic heterocycles.